The molecule has 1 atom stereocenters. The minimum atomic E-state index is 0. The lowest BCUT2D eigenvalue weighted by atomic mass is 10.0. The van der Waals surface area contributed by atoms with Crippen molar-refractivity contribution in [3.8, 4) is 0 Å². The molecule has 0 bridgehead atoms. The van der Waals surface area contributed by atoms with Crippen molar-refractivity contribution in [2.45, 2.75) is 25.8 Å². The average molecular weight is 371 g/mol. The zero-order valence-corrected chi connectivity index (χ0v) is 14.4. The van der Waals surface area contributed by atoms with Gasteiger partial charge in [-0.1, -0.05) is 13.3 Å². The molecule has 0 amide bonds. The second-order valence-corrected chi connectivity index (χ2v) is 5.31. The summed E-state index contributed by atoms with van der Waals surface area (Å²) in [5, 5.41) is 3.41. The average Bonchev–Trinajstić information content (AvgIpc) is 2.37. The fraction of sp³-hybridized carbons (Fsp3) is 0.615. The summed E-state index contributed by atoms with van der Waals surface area (Å²) in [4.78, 5) is 6.80. The first-order chi connectivity index (χ1) is 8.31. The van der Waals surface area contributed by atoms with Gasteiger partial charge in [0.05, 0.1) is 0 Å². The molecule has 1 aliphatic heterocycles. The Morgan fingerprint density at radius 1 is 1.37 bits per heavy atom. The van der Waals surface area contributed by atoms with E-state index in [0.29, 0.717) is 6.04 Å². The van der Waals surface area contributed by atoms with Crippen molar-refractivity contribution >= 4 is 40.7 Å². The number of hydrogen-bond acceptors (Lipinski definition) is 3. The van der Waals surface area contributed by atoms with Crippen molar-refractivity contribution in [3.63, 3.8) is 0 Å². The molecule has 2 rings (SSSR count). The predicted octanol–water partition coefficient (Wildman–Crippen LogP) is 3.43. The molecule has 0 radical (unpaired) electrons. The van der Waals surface area contributed by atoms with Crippen LogP contribution in [-0.4, -0.2) is 36.1 Å². The van der Waals surface area contributed by atoms with Crippen molar-refractivity contribution in [2.75, 3.05) is 26.2 Å². The monoisotopic (exact) mass is 369 g/mol. The Kier molecular flexibility index (Phi) is 10.0. The molecule has 1 saturated heterocycles. The van der Waals surface area contributed by atoms with Gasteiger partial charge in [-0.3, -0.25) is 4.90 Å². The van der Waals surface area contributed by atoms with E-state index < -0.39 is 0 Å². The van der Waals surface area contributed by atoms with Crippen molar-refractivity contribution in [1.29, 1.82) is 0 Å². The fourth-order valence-corrected chi connectivity index (χ4v) is 2.83. The highest BCUT2D eigenvalue weighted by Crippen LogP contribution is 2.27. The number of nitrogens with zero attached hydrogens (tertiary/aromatic N) is 2. The second kappa shape index (κ2) is 9.94. The number of aromatic nitrogens is 1. The van der Waals surface area contributed by atoms with Gasteiger partial charge in [0.2, 0.25) is 0 Å². The summed E-state index contributed by atoms with van der Waals surface area (Å²) in [5.74, 6) is 0. The molecule has 0 spiro atoms. The highest BCUT2D eigenvalue weighted by molar-refractivity contribution is 9.10. The lowest BCUT2D eigenvalue weighted by molar-refractivity contribution is 0.164. The van der Waals surface area contributed by atoms with Crippen molar-refractivity contribution in [1.82, 2.24) is 15.2 Å². The zero-order chi connectivity index (χ0) is 12.1. The quantitative estimate of drug-likeness (QED) is 0.823. The normalized spacial score (nSPS) is 17.2. The van der Waals surface area contributed by atoms with Crippen LogP contribution in [0.25, 0.3) is 0 Å². The lowest BCUT2D eigenvalue weighted by Crippen LogP contribution is -2.45. The summed E-state index contributed by atoms with van der Waals surface area (Å²) in [6, 6.07) is 4.84. The van der Waals surface area contributed by atoms with Gasteiger partial charge in [-0.25, -0.2) is 4.98 Å². The van der Waals surface area contributed by atoms with Crippen LogP contribution in [0.1, 0.15) is 31.4 Å². The van der Waals surface area contributed by atoms with Crippen LogP contribution in [0.2, 0.25) is 0 Å². The van der Waals surface area contributed by atoms with Crippen LogP contribution in [0.5, 0.6) is 0 Å². The molecule has 1 fully saturated rings. The molecular weight excluding hydrogens is 349 g/mol. The molecule has 19 heavy (non-hydrogen) atoms. The topological polar surface area (TPSA) is 28.2 Å². The minimum Gasteiger partial charge on any atom is -0.314 e. The second-order valence-electron chi connectivity index (χ2n) is 4.50. The molecule has 1 aliphatic rings. The van der Waals surface area contributed by atoms with Crippen LogP contribution < -0.4 is 5.32 Å². The Morgan fingerprint density at radius 3 is 2.63 bits per heavy atom. The highest BCUT2D eigenvalue weighted by atomic mass is 79.9. The maximum absolute atomic E-state index is 4.21. The number of rotatable bonds is 4. The number of pyridine rings is 1. The highest BCUT2D eigenvalue weighted by Gasteiger charge is 2.21. The maximum Gasteiger partial charge on any atom is 0.106 e. The molecule has 6 heteroatoms. The smallest absolute Gasteiger partial charge is 0.106 e. The molecule has 110 valence electrons. The molecule has 0 aliphatic carbocycles. The van der Waals surface area contributed by atoms with Crippen LogP contribution in [0.15, 0.2) is 22.9 Å². The maximum atomic E-state index is 4.21. The van der Waals surface area contributed by atoms with E-state index >= 15 is 0 Å². The lowest BCUT2D eigenvalue weighted by Gasteiger charge is -2.35. The summed E-state index contributed by atoms with van der Waals surface area (Å²) < 4.78 is 0.936. The third-order valence-corrected chi connectivity index (χ3v) is 3.72. The van der Waals surface area contributed by atoms with Gasteiger partial charge in [-0.2, -0.15) is 0 Å². The van der Waals surface area contributed by atoms with Gasteiger partial charge in [-0.15, -0.1) is 24.8 Å². The number of halogens is 3. The van der Waals surface area contributed by atoms with Crippen molar-refractivity contribution in [3.05, 3.63) is 28.5 Å². The van der Waals surface area contributed by atoms with Gasteiger partial charge in [0.25, 0.3) is 0 Å². The molecule has 1 aromatic heterocycles. The molecule has 0 saturated carbocycles. The summed E-state index contributed by atoms with van der Waals surface area (Å²) in [5.41, 5.74) is 1.38. The summed E-state index contributed by atoms with van der Waals surface area (Å²) in [6.07, 6.45) is 4.33. The summed E-state index contributed by atoms with van der Waals surface area (Å²) in [7, 11) is 0. The van der Waals surface area contributed by atoms with E-state index in [9.17, 15) is 0 Å². The molecule has 3 nitrogen and oxygen atoms in total. The Morgan fingerprint density at radius 2 is 2.05 bits per heavy atom. The first kappa shape index (κ1) is 19.1. The number of piperazine rings is 1. The van der Waals surface area contributed by atoms with E-state index in [4.69, 9.17) is 0 Å². The van der Waals surface area contributed by atoms with Gasteiger partial charge in [-0.05, 0) is 40.0 Å². The van der Waals surface area contributed by atoms with E-state index in [1.54, 1.807) is 0 Å². The van der Waals surface area contributed by atoms with Crippen LogP contribution in [0.4, 0.5) is 0 Å². The zero-order valence-electron chi connectivity index (χ0n) is 11.1. The standard InChI is InChI=1S/C13H20BrN3.2ClH/c1-2-3-12(17-8-6-15-7-9-17)11-4-5-16-13(14)10-11;;/h4-5,10,12,15H,2-3,6-9H2,1H3;2*1H/t12-;;/m1../s1. The SMILES string of the molecule is CCC[C@H](c1ccnc(Br)c1)N1CCNCC1.Cl.Cl. The molecule has 2 heterocycles. The van der Waals surface area contributed by atoms with Crippen LogP contribution in [-0.2, 0) is 0 Å². The Bertz CT molecular complexity index is 359. The Balaban J connectivity index is 0.00000162. The Labute approximate surface area is 136 Å². The Hall–Kier alpha value is 0.130. The van der Waals surface area contributed by atoms with Gasteiger partial charge in [0.15, 0.2) is 0 Å². The first-order valence-electron chi connectivity index (χ1n) is 6.37. The van der Waals surface area contributed by atoms with Gasteiger partial charge in [0, 0.05) is 38.4 Å². The number of nitrogens with one attached hydrogen (secondary N) is 1. The molecule has 1 N–H and O–H groups in total. The van der Waals surface area contributed by atoms with Crippen LogP contribution >= 0.6 is 40.7 Å². The van der Waals surface area contributed by atoms with Crippen molar-refractivity contribution < 1.29 is 0 Å². The van der Waals surface area contributed by atoms with Crippen LogP contribution in [0.3, 0.4) is 0 Å². The summed E-state index contributed by atoms with van der Waals surface area (Å²) >= 11 is 3.46. The van der Waals surface area contributed by atoms with Gasteiger partial charge < -0.3 is 5.32 Å². The fourth-order valence-electron chi connectivity index (χ4n) is 2.45. The molecular formula is C13H22BrCl2N3. The third-order valence-electron chi connectivity index (χ3n) is 3.29. The van der Waals surface area contributed by atoms with Crippen molar-refractivity contribution in [2.24, 2.45) is 0 Å². The van der Waals surface area contributed by atoms with E-state index in [2.05, 4.69) is 50.2 Å². The van der Waals surface area contributed by atoms with Gasteiger partial charge >= 0.3 is 0 Å². The largest absolute Gasteiger partial charge is 0.314 e. The van der Waals surface area contributed by atoms with E-state index in [1.165, 1.54) is 18.4 Å². The van der Waals surface area contributed by atoms with E-state index in [-0.39, 0.29) is 24.8 Å². The summed E-state index contributed by atoms with van der Waals surface area (Å²) in [6.45, 7) is 6.75. The molecule has 0 unspecified atom stereocenters. The first-order valence-corrected chi connectivity index (χ1v) is 7.16. The molecule has 0 aromatic carbocycles. The van der Waals surface area contributed by atoms with Crippen LogP contribution in [0, 0.1) is 0 Å². The third kappa shape index (κ3) is 5.56. The van der Waals surface area contributed by atoms with E-state index in [1.807, 2.05) is 6.20 Å². The minimum absolute atomic E-state index is 0. The predicted molar refractivity (Wildman–Crippen MR) is 88.5 cm³/mol. The molecule has 1 aromatic rings. The van der Waals surface area contributed by atoms with Gasteiger partial charge in [0.1, 0.15) is 4.60 Å². The van der Waals surface area contributed by atoms with E-state index in [0.717, 1.165) is 30.8 Å². The number of hydrogen-bond donors (Lipinski definition) is 1.